The van der Waals surface area contributed by atoms with E-state index in [1.165, 1.54) is 0 Å². The smallest absolute Gasteiger partial charge is 0.183 e. The summed E-state index contributed by atoms with van der Waals surface area (Å²) in [4.78, 5) is 0. The molecule has 12 heavy (non-hydrogen) atoms. The van der Waals surface area contributed by atoms with Crippen molar-refractivity contribution in [3.63, 3.8) is 0 Å². The fourth-order valence-electron chi connectivity index (χ4n) is 0.802. The predicted octanol–water partition coefficient (Wildman–Crippen LogP) is 3.41. The molecule has 0 radical (unpaired) electrons. The second-order valence-electron chi connectivity index (χ2n) is 2.31. The molecule has 0 fully saturated rings. The molecule has 0 aliphatic rings. The van der Waals surface area contributed by atoms with Crippen LogP contribution < -0.4 is 0 Å². The number of halogens is 2. The van der Waals surface area contributed by atoms with Gasteiger partial charge < -0.3 is 9.52 Å². The second-order valence-corrected chi connectivity index (χ2v) is 3.89. The van der Waals surface area contributed by atoms with Crippen molar-refractivity contribution in [1.29, 1.82) is 0 Å². The first-order valence-electron chi connectivity index (χ1n) is 3.39. The molecule has 1 unspecified atom stereocenters. The van der Waals surface area contributed by atoms with Crippen LogP contribution in [-0.4, -0.2) is 5.11 Å². The highest BCUT2D eigenvalue weighted by Crippen LogP contribution is 2.30. The van der Waals surface area contributed by atoms with Crippen LogP contribution in [0.2, 0.25) is 0 Å². The average molecular weight is 296 g/mol. The number of rotatable bonds is 3. The first kappa shape index (κ1) is 10.0. The first-order valence-corrected chi connectivity index (χ1v) is 4.97. The molecule has 2 nitrogen and oxygen atoms in total. The number of aliphatic hydroxyl groups excluding tert-OH is 1. The van der Waals surface area contributed by atoms with Gasteiger partial charge in [-0.15, -0.1) is 6.58 Å². The summed E-state index contributed by atoms with van der Waals surface area (Å²) in [7, 11) is 0. The zero-order valence-electron chi connectivity index (χ0n) is 6.26. The molecule has 0 spiro atoms. The maximum atomic E-state index is 9.45. The lowest BCUT2D eigenvalue weighted by Gasteiger charge is -2.01. The Kier molecular flexibility index (Phi) is 3.55. The van der Waals surface area contributed by atoms with Crippen LogP contribution in [0, 0.1) is 0 Å². The van der Waals surface area contributed by atoms with Gasteiger partial charge in [0, 0.05) is 0 Å². The molecule has 1 atom stereocenters. The van der Waals surface area contributed by atoms with E-state index in [0.29, 0.717) is 16.9 Å². The summed E-state index contributed by atoms with van der Waals surface area (Å²) in [5.74, 6) is 0.536. The Labute approximate surface area is 87.5 Å². The van der Waals surface area contributed by atoms with E-state index in [4.69, 9.17) is 4.42 Å². The van der Waals surface area contributed by atoms with Crippen LogP contribution in [0.5, 0.6) is 0 Å². The summed E-state index contributed by atoms with van der Waals surface area (Å²) >= 11 is 6.44. The monoisotopic (exact) mass is 294 g/mol. The van der Waals surface area contributed by atoms with Crippen molar-refractivity contribution in [2.45, 2.75) is 12.5 Å². The molecule has 1 N–H and O–H groups in total. The van der Waals surface area contributed by atoms with Crippen LogP contribution in [0.3, 0.4) is 0 Å². The molecule has 1 rings (SSSR count). The molecule has 0 aliphatic carbocycles. The van der Waals surface area contributed by atoms with Gasteiger partial charge in [0.2, 0.25) is 0 Å². The third-order valence-electron chi connectivity index (χ3n) is 1.38. The Balaban J connectivity index is 2.80. The molecule has 0 saturated carbocycles. The van der Waals surface area contributed by atoms with E-state index in [1.54, 1.807) is 12.1 Å². The summed E-state index contributed by atoms with van der Waals surface area (Å²) in [6, 6.07) is 1.73. The highest BCUT2D eigenvalue weighted by atomic mass is 79.9. The SMILES string of the molecule is C=CCC(O)c1cc(Br)c(Br)o1. The molecule has 0 aliphatic heterocycles. The standard InChI is InChI=1S/C8H8Br2O2/c1-2-3-6(11)7-4-5(9)8(10)12-7/h2,4,6,11H,1,3H2. The fourth-order valence-corrected chi connectivity index (χ4v) is 1.41. The van der Waals surface area contributed by atoms with Crippen LogP contribution in [0.15, 0.2) is 32.3 Å². The Morgan fingerprint density at radius 2 is 2.33 bits per heavy atom. The average Bonchev–Trinajstić information content (AvgIpc) is 2.33. The van der Waals surface area contributed by atoms with Crippen molar-refractivity contribution in [2.75, 3.05) is 0 Å². The van der Waals surface area contributed by atoms with Gasteiger partial charge in [-0.1, -0.05) is 6.08 Å². The van der Waals surface area contributed by atoms with Crippen LogP contribution in [0.25, 0.3) is 0 Å². The van der Waals surface area contributed by atoms with Crippen molar-refractivity contribution in [1.82, 2.24) is 0 Å². The van der Waals surface area contributed by atoms with Gasteiger partial charge in [0.05, 0.1) is 4.47 Å². The van der Waals surface area contributed by atoms with Gasteiger partial charge in [0.15, 0.2) is 4.67 Å². The molecular formula is C8H8Br2O2. The van der Waals surface area contributed by atoms with Gasteiger partial charge in [-0.3, -0.25) is 0 Å². The zero-order chi connectivity index (χ0) is 9.14. The summed E-state index contributed by atoms with van der Waals surface area (Å²) in [5, 5.41) is 9.45. The third-order valence-corrected chi connectivity index (χ3v) is 3.09. The van der Waals surface area contributed by atoms with E-state index in [2.05, 4.69) is 38.4 Å². The summed E-state index contributed by atoms with van der Waals surface area (Å²) in [6.07, 6.45) is 1.53. The van der Waals surface area contributed by atoms with E-state index in [1.807, 2.05) is 0 Å². The third kappa shape index (κ3) is 2.21. The van der Waals surface area contributed by atoms with Crippen LogP contribution in [0.4, 0.5) is 0 Å². The minimum atomic E-state index is -0.606. The maximum absolute atomic E-state index is 9.45. The number of aliphatic hydroxyl groups is 1. The number of hydrogen-bond donors (Lipinski definition) is 1. The molecular weight excluding hydrogens is 288 g/mol. The molecule has 1 aromatic heterocycles. The van der Waals surface area contributed by atoms with Crippen LogP contribution >= 0.6 is 31.9 Å². The lowest BCUT2D eigenvalue weighted by Crippen LogP contribution is -1.91. The highest BCUT2D eigenvalue weighted by Gasteiger charge is 2.12. The Morgan fingerprint density at radius 1 is 1.67 bits per heavy atom. The second kappa shape index (κ2) is 4.25. The molecule has 66 valence electrons. The van der Waals surface area contributed by atoms with Crippen LogP contribution in [-0.2, 0) is 0 Å². The number of hydrogen-bond acceptors (Lipinski definition) is 2. The van der Waals surface area contributed by atoms with Crippen molar-refractivity contribution in [3.05, 3.63) is 33.6 Å². The minimum Gasteiger partial charge on any atom is -0.450 e. The molecule has 0 saturated heterocycles. The minimum absolute atomic E-state index is 0.492. The largest absolute Gasteiger partial charge is 0.450 e. The van der Waals surface area contributed by atoms with Gasteiger partial charge in [-0.2, -0.15) is 0 Å². The van der Waals surface area contributed by atoms with E-state index >= 15 is 0 Å². The van der Waals surface area contributed by atoms with Crippen molar-refractivity contribution in [2.24, 2.45) is 0 Å². The van der Waals surface area contributed by atoms with Crippen molar-refractivity contribution in [3.8, 4) is 0 Å². The maximum Gasteiger partial charge on any atom is 0.183 e. The molecule has 0 aromatic carbocycles. The van der Waals surface area contributed by atoms with Gasteiger partial charge >= 0.3 is 0 Å². The fraction of sp³-hybridized carbons (Fsp3) is 0.250. The van der Waals surface area contributed by atoms with Gasteiger partial charge in [-0.05, 0) is 44.3 Å². The summed E-state index contributed by atoms with van der Waals surface area (Å²) < 4.78 is 6.60. The van der Waals surface area contributed by atoms with Gasteiger partial charge in [0.1, 0.15) is 11.9 Å². The Hall–Kier alpha value is -0.0600. The van der Waals surface area contributed by atoms with E-state index < -0.39 is 6.10 Å². The zero-order valence-corrected chi connectivity index (χ0v) is 9.43. The first-order chi connectivity index (χ1) is 5.65. The van der Waals surface area contributed by atoms with Gasteiger partial charge in [-0.25, -0.2) is 0 Å². The molecule has 0 amide bonds. The lowest BCUT2D eigenvalue weighted by atomic mass is 10.2. The number of furan rings is 1. The molecule has 0 bridgehead atoms. The highest BCUT2D eigenvalue weighted by molar-refractivity contribution is 9.13. The predicted molar refractivity (Wildman–Crippen MR) is 53.9 cm³/mol. The Bertz CT molecular complexity index is 261. The lowest BCUT2D eigenvalue weighted by molar-refractivity contribution is 0.151. The topological polar surface area (TPSA) is 33.4 Å². The summed E-state index contributed by atoms with van der Waals surface area (Å²) in [6.45, 7) is 3.53. The Morgan fingerprint density at radius 3 is 2.75 bits per heavy atom. The molecule has 1 aromatic rings. The summed E-state index contributed by atoms with van der Waals surface area (Å²) in [5.41, 5.74) is 0. The molecule has 1 heterocycles. The van der Waals surface area contributed by atoms with Crippen molar-refractivity contribution < 1.29 is 9.52 Å². The molecule has 4 heteroatoms. The van der Waals surface area contributed by atoms with E-state index in [9.17, 15) is 5.11 Å². The van der Waals surface area contributed by atoms with E-state index in [0.717, 1.165) is 4.47 Å². The van der Waals surface area contributed by atoms with E-state index in [-0.39, 0.29) is 0 Å². The van der Waals surface area contributed by atoms with Crippen molar-refractivity contribution >= 4 is 31.9 Å². The van der Waals surface area contributed by atoms with Crippen LogP contribution in [0.1, 0.15) is 18.3 Å². The van der Waals surface area contributed by atoms with Gasteiger partial charge in [0.25, 0.3) is 0 Å². The quantitative estimate of drug-likeness (QED) is 0.867. The normalized spacial score (nSPS) is 12.9.